The fourth-order valence-electron chi connectivity index (χ4n) is 9.67. The van der Waals surface area contributed by atoms with Crippen LogP contribution in [-0.2, 0) is 4.74 Å². The van der Waals surface area contributed by atoms with E-state index < -0.39 is 0 Å². The molecule has 30 heavy (non-hydrogen) atoms. The predicted octanol–water partition coefficient (Wildman–Crippen LogP) is 5.57. The summed E-state index contributed by atoms with van der Waals surface area (Å²) in [6.07, 6.45) is 11.4. The normalized spacial score (nSPS) is 55.4. The smallest absolute Gasteiger partial charge is 0.114 e. The van der Waals surface area contributed by atoms with Gasteiger partial charge in [-0.1, -0.05) is 53.9 Å². The van der Waals surface area contributed by atoms with Gasteiger partial charge < -0.3 is 14.9 Å². The molecule has 5 fully saturated rings. The molecule has 0 aromatic carbocycles. The third-order valence-corrected chi connectivity index (χ3v) is 11.3. The first-order valence-electron chi connectivity index (χ1n) is 13.2. The fourth-order valence-corrected chi connectivity index (χ4v) is 9.67. The number of rotatable bonds is 5. The van der Waals surface area contributed by atoms with Crippen LogP contribution in [-0.4, -0.2) is 34.1 Å². The average molecular weight is 419 g/mol. The maximum absolute atomic E-state index is 11.5. The maximum atomic E-state index is 11.5. The molecule has 5 aliphatic rings. The Morgan fingerprint density at radius 1 is 0.933 bits per heavy atom. The van der Waals surface area contributed by atoms with Crippen molar-refractivity contribution in [1.29, 1.82) is 0 Å². The lowest BCUT2D eigenvalue weighted by Gasteiger charge is -2.60. The SMILES string of the molecule is CC(C)CCC[C@@H](C)[C@H]1CC[C@H]2[C@@H]3[C@@H](O)C4OC45C[C@@H](O)CC[C@]5(C)[C@H]3CC[C@]12C. The molecular formula is C27H46O3. The van der Waals surface area contributed by atoms with E-state index in [0.29, 0.717) is 23.2 Å². The Bertz CT molecular complexity index is 662. The van der Waals surface area contributed by atoms with E-state index >= 15 is 0 Å². The van der Waals surface area contributed by atoms with E-state index in [1.54, 1.807) is 0 Å². The monoisotopic (exact) mass is 418 g/mol. The Kier molecular flexibility index (Phi) is 5.20. The summed E-state index contributed by atoms with van der Waals surface area (Å²) in [6, 6.07) is 0. The van der Waals surface area contributed by atoms with E-state index in [1.807, 2.05) is 0 Å². The Labute approximate surface area is 184 Å². The first-order valence-corrected chi connectivity index (χ1v) is 13.2. The van der Waals surface area contributed by atoms with Crippen molar-refractivity contribution in [1.82, 2.24) is 0 Å². The minimum absolute atomic E-state index is 0.0245. The van der Waals surface area contributed by atoms with Crippen molar-refractivity contribution in [3.05, 3.63) is 0 Å². The fraction of sp³-hybridized carbons (Fsp3) is 1.00. The van der Waals surface area contributed by atoms with Crippen molar-refractivity contribution < 1.29 is 14.9 Å². The highest BCUT2D eigenvalue weighted by atomic mass is 16.6. The largest absolute Gasteiger partial charge is 0.393 e. The van der Waals surface area contributed by atoms with Crippen LogP contribution in [0.3, 0.4) is 0 Å². The molecule has 2 unspecified atom stereocenters. The van der Waals surface area contributed by atoms with Gasteiger partial charge in [0.05, 0.1) is 12.2 Å². The number of epoxide rings is 1. The van der Waals surface area contributed by atoms with Gasteiger partial charge in [-0.25, -0.2) is 0 Å². The highest BCUT2D eigenvalue weighted by molar-refractivity contribution is 5.26. The summed E-state index contributed by atoms with van der Waals surface area (Å²) in [7, 11) is 0. The lowest BCUT2D eigenvalue weighted by Crippen LogP contribution is -2.63. The minimum Gasteiger partial charge on any atom is -0.393 e. The minimum atomic E-state index is -0.326. The summed E-state index contributed by atoms with van der Waals surface area (Å²) in [5.74, 6) is 4.03. The van der Waals surface area contributed by atoms with E-state index in [-0.39, 0.29) is 29.3 Å². The predicted molar refractivity (Wildman–Crippen MR) is 120 cm³/mol. The van der Waals surface area contributed by atoms with Crippen molar-refractivity contribution in [3.8, 4) is 0 Å². The van der Waals surface area contributed by atoms with Crippen LogP contribution in [0.5, 0.6) is 0 Å². The Morgan fingerprint density at radius 2 is 1.70 bits per heavy atom. The zero-order chi connectivity index (χ0) is 21.5. The van der Waals surface area contributed by atoms with Gasteiger partial charge in [-0.15, -0.1) is 0 Å². The number of hydrogen-bond donors (Lipinski definition) is 2. The van der Waals surface area contributed by atoms with Crippen molar-refractivity contribution in [3.63, 3.8) is 0 Å². The molecule has 3 heteroatoms. The summed E-state index contributed by atoms with van der Waals surface area (Å²) < 4.78 is 6.37. The molecule has 0 radical (unpaired) electrons. The van der Waals surface area contributed by atoms with E-state index in [2.05, 4.69) is 34.6 Å². The molecule has 1 heterocycles. The summed E-state index contributed by atoms with van der Waals surface area (Å²) in [5.41, 5.74) is 0.295. The molecule has 0 amide bonds. The molecule has 0 bridgehead atoms. The number of aliphatic hydroxyl groups excluding tert-OH is 2. The molecule has 0 aromatic rings. The molecule has 172 valence electrons. The summed E-state index contributed by atoms with van der Waals surface area (Å²) in [4.78, 5) is 0. The van der Waals surface area contributed by atoms with E-state index in [1.165, 1.54) is 44.9 Å². The third kappa shape index (κ3) is 2.86. The zero-order valence-electron chi connectivity index (χ0n) is 20.1. The molecule has 1 aliphatic heterocycles. The Morgan fingerprint density at radius 3 is 2.43 bits per heavy atom. The Balaban J connectivity index is 1.37. The molecule has 4 aliphatic carbocycles. The summed E-state index contributed by atoms with van der Waals surface area (Å²) in [6.45, 7) is 12.2. The second kappa shape index (κ2) is 7.19. The molecule has 1 spiro atoms. The second-order valence-corrected chi connectivity index (χ2v) is 13.1. The van der Waals surface area contributed by atoms with Gasteiger partial charge in [0.1, 0.15) is 11.7 Å². The Hall–Kier alpha value is -0.120. The molecule has 4 saturated carbocycles. The highest BCUT2D eigenvalue weighted by Gasteiger charge is 2.79. The average Bonchev–Trinajstić information content (AvgIpc) is 3.29. The lowest BCUT2D eigenvalue weighted by molar-refractivity contribution is -0.151. The second-order valence-electron chi connectivity index (χ2n) is 13.1. The van der Waals surface area contributed by atoms with Gasteiger partial charge >= 0.3 is 0 Å². The molecule has 3 nitrogen and oxygen atoms in total. The lowest BCUT2D eigenvalue weighted by atomic mass is 9.43. The first kappa shape index (κ1) is 21.7. The van der Waals surface area contributed by atoms with E-state index in [9.17, 15) is 10.2 Å². The molecule has 5 rings (SSSR count). The van der Waals surface area contributed by atoms with Crippen LogP contribution in [0.25, 0.3) is 0 Å². The van der Waals surface area contributed by atoms with Gasteiger partial charge in [-0.3, -0.25) is 0 Å². The van der Waals surface area contributed by atoms with Crippen molar-refractivity contribution in [2.45, 2.75) is 123 Å². The molecule has 1 saturated heterocycles. The number of fused-ring (bicyclic) bond motifs is 4. The van der Waals surface area contributed by atoms with Crippen LogP contribution in [0.4, 0.5) is 0 Å². The van der Waals surface area contributed by atoms with Crippen molar-refractivity contribution in [2.75, 3.05) is 0 Å². The third-order valence-electron chi connectivity index (χ3n) is 11.3. The summed E-state index contributed by atoms with van der Waals surface area (Å²) >= 11 is 0. The number of hydrogen-bond acceptors (Lipinski definition) is 3. The number of aliphatic hydroxyl groups is 2. The van der Waals surface area contributed by atoms with Crippen LogP contribution >= 0.6 is 0 Å². The highest BCUT2D eigenvalue weighted by Crippen LogP contribution is 2.74. The molecule has 11 atom stereocenters. The van der Waals surface area contributed by atoms with Crippen LogP contribution in [0, 0.1) is 46.3 Å². The van der Waals surface area contributed by atoms with Gasteiger partial charge in [0.25, 0.3) is 0 Å². The van der Waals surface area contributed by atoms with Gasteiger partial charge in [0, 0.05) is 11.8 Å². The molecule has 0 aromatic heterocycles. The van der Waals surface area contributed by atoms with Crippen molar-refractivity contribution in [2.24, 2.45) is 46.3 Å². The van der Waals surface area contributed by atoms with Gasteiger partial charge in [-0.05, 0) is 79.4 Å². The van der Waals surface area contributed by atoms with Gasteiger partial charge in [0.2, 0.25) is 0 Å². The quantitative estimate of drug-likeness (QED) is 0.574. The summed E-state index contributed by atoms with van der Waals surface area (Å²) in [5, 5.41) is 21.9. The number of ether oxygens (including phenoxy) is 1. The molecule has 2 N–H and O–H groups in total. The first-order chi connectivity index (χ1) is 14.1. The van der Waals surface area contributed by atoms with Crippen LogP contribution in [0.15, 0.2) is 0 Å². The van der Waals surface area contributed by atoms with Crippen LogP contribution in [0.1, 0.15) is 98.8 Å². The zero-order valence-corrected chi connectivity index (χ0v) is 20.1. The topological polar surface area (TPSA) is 53.0 Å². The van der Waals surface area contributed by atoms with Crippen LogP contribution in [0.2, 0.25) is 0 Å². The standard InChI is InChI=1S/C27H46O3/c1-16(2)7-6-8-17(3)19-9-10-20-22-21(12-13-25(19,20)4)26(5)14-11-18(28)15-27(26)24(30-27)23(22)29/h16-24,28-29H,6-15H2,1-5H3/t17-,18+,19-,20+,21+,22+,23-,24?,25-,26-,27?/m1/s1. The molecular weight excluding hydrogens is 372 g/mol. The van der Waals surface area contributed by atoms with Gasteiger partial charge in [-0.2, -0.15) is 0 Å². The van der Waals surface area contributed by atoms with Gasteiger partial charge in [0.15, 0.2) is 0 Å². The maximum Gasteiger partial charge on any atom is 0.114 e. The van der Waals surface area contributed by atoms with Crippen LogP contribution < -0.4 is 0 Å². The van der Waals surface area contributed by atoms with Crippen molar-refractivity contribution >= 4 is 0 Å². The van der Waals surface area contributed by atoms with E-state index in [4.69, 9.17) is 4.74 Å². The van der Waals surface area contributed by atoms with E-state index in [0.717, 1.165) is 37.0 Å².